The van der Waals surface area contributed by atoms with Crippen LogP contribution < -0.4 is 10.1 Å². The van der Waals surface area contributed by atoms with Gasteiger partial charge < -0.3 is 20.1 Å². The maximum Gasteiger partial charge on any atom is 0.258 e. The summed E-state index contributed by atoms with van der Waals surface area (Å²) in [5.41, 5.74) is 2.18. The predicted molar refractivity (Wildman–Crippen MR) is 140 cm³/mol. The number of phenolic OH excluding ortho intramolecular Hbond substituents is 1. The van der Waals surface area contributed by atoms with E-state index < -0.39 is 6.04 Å². The molecule has 1 unspecified atom stereocenters. The van der Waals surface area contributed by atoms with Crippen molar-refractivity contribution in [1.29, 1.82) is 5.26 Å². The number of anilines is 1. The molecule has 1 aliphatic rings. The number of benzene rings is 4. The number of fused-ring (bicyclic) bond motifs is 1. The molecule has 1 heterocycles. The van der Waals surface area contributed by atoms with Crippen LogP contribution in [-0.4, -0.2) is 34.4 Å². The van der Waals surface area contributed by atoms with E-state index in [0.29, 0.717) is 41.8 Å². The van der Waals surface area contributed by atoms with E-state index in [1.807, 2.05) is 24.3 Å². The molecule has 0 saturated carbocycles. The van der Waals surface area contributed by atoms with Crippen molar-refractivity contribution in [3.63, 3.8) is 0 Å². The van der Waals surface area contributed by atoms with Crippen molar-refractivity contribution in [2.24, 2.45) is 0 Å². The van der Waals surface area contributed by atoms with Gasteiger partial charge >= 0.3 is 0 Å². The van der Waals surface area contributed by atoms with Gasteiger partial charge in [0.1, 0.15) is 24.1 Å². The van der Waals surface area contributed by atoms with Crippen LogP contribution in [0, 0.1) is 11.3 Å². The van der Waals surface area contributed by atoms with E-state index in [0.717, 1.165) is 10.9 Å². The number of rotatable bonds is 6. The summed E-state index contributed by atoms with van der Waals surface area (Å²) >= 11 is 0. The first-order valence-corrected chi connectivity index (χ1v) is 12.1. The molecule has 0 radical (unpaired) electrons. The highest BCUT2D eigenvalue weighted by molar-refractivity contribution is 6.06. The molecule has 1 fully saturated rings. The average molecular weight is 492 g/mol. The minimum atomic E-state index is -0.642. The van der Waals surface area contributed by atoms with Crippen LogP contribution in [0.1, 0.15) is 34.3 Å². The minimum Gasteiger partial charge on any atom is -0.506 e. The molecule has 37 heavy (non-hydrogen) atoms. The lowest BCUT2D eigenvalue weighted by atomic mass is 10.0. The summed E-state index contributed by atoms with van der Waals surface area (Å²) in [5.74, 6) is -0.150. The largest absolute Gasteiger partial charge is 0.506 e. The fourth-order valence-electron chi connectivity index (χ4n) is 4.65. The van der Waals surface area contributed by atoms with Gasteiger partial charge in [0.25, 0.3) is 5.91 Å². The number of carbonyl (C=O) groups is 2. The molecule has 184 valence electrons. The molecule has 7 heteroatoms. The van der Waals surface area contributed by atoms with Crippen LogP contribution in [0.2, 0.25) is 0 Å². The number of nitrogens with one attached hydrogen (secondary N) is 1. The molecule has 5 rings (SSSR count). The number of aromatic hydroxyl groups is 1. The second-order valence-corrected chi connectivity index (χ2v) is 8.96. The van der Waals surface area contributed by atoms with Crippen LogP contribution in [0.5, 0.6) is 11.5 Å². The monoisotopic (exact) mass is 491 g/mol. The van der Waals surface area contributed by atoms with Gasteiger partial charge in [0.05, 0.1) is 17.2 Å². The quantitative estimate of drug-likeness (QED) is 0.384. The summed E-state index contributed by atoms with van der Waals surface area (Å²) in [7, 11) is 0. The Balaban J connectivity index is 1.27. The molecule has 0 aromatic heterocycles. The Hall–Kier alpha value is -4.83. The predicted octanol–water partition coefficient (Wildman–Crippen LogP) is 5.24. The zero-order valence-electron chi connectivity index (χ0n) is 20.1. The molecule has 7 nitrogen and oxygen atoms in total. The van der Waals surface area contributed by atoms with Crippen LogP contribution in [-0.2, 0) is 11.4 Å². The number of hydrogen-bond acceptors (Lipinski definition) is 5. The van der Waals surface area contributed by atoms with E-state index in [1.165, 1.54) is 4.90 Å². The molecule has 0 spiro atoms. The number of likely N-dealkylation sites (tertiary alicyclic amines) is 1. The Morgan fingerprint density at radius 3 is 2.73 bits per heavy atom. The normalized spacial score (nSPS) is 14.8. The number of nitrogens with zero attached hydrogens (tertiary/aromatic N) is 2. The van der Waals surface area contributed by atoms with Gasteiger partial charge in [-0.1, -0.05) is 48.5 Å². The second-order valence-electron chi connectivity index (χ2n) is 8.96. The third-order valence-electron chi connectivity index (χ3n) is 6.51. The second kappa shape index (κ2) is 10.4. The lowest BCUT2D eigenvalue weighted by molar-refractivity contribution is -0.119. The number of ether oxygens (including phenoxy) is 1. The van der Waals surface area contributed by atoms with Gasteiger partial charge in [0.2, 0.25) is 5.91 Å². The fourth-order valence-corrected chi connectivity index (χ4v) is 4.65. The SMILES string of the molecule is N#Cc1cccc(COc2cccc(NC(=O)C3CCCN3C(=O)c3ccc4ccccc4c3O)c2)c1. The molecular formula is C30H25N3O4. The van der Waals surface area contributed by atoms with Crippen molar-refractivity contribution in [3.05, 3.63) is 102 Å². The maximum absolute atomic E-state index is 13.3. The molecule has 2 N–H and O–H groups in total. The standard InChI is InChI=1S/C30H25N3O4/c31-18-20-6-3-7-21(16-20)19-37-24-10-4-9-23(17-24)32-29(35)27-12-5-15-33(27)30(36)26-14-13-22-8-1-2-11-25(22)28(26)34/h1-4,6-11,13-14,16-17,27,34H,5,12,15,19H2,(H,32,35). The molecule has 4 aromatic rings. The topological polar surface area (TPSA) is 103 Å². The highest BCUT2D eigenvalue weighted by atomic mass is 16.5. The maximum atomic E-state index is 13.3. The molecule has 1 saturated heterocycles. The van der Waals surface area contributed by atoms with E-state index >= 15 is 0 Å². The molecule has 4 aromatic carbocycles. The first-order valence-electron chi connectivity index (χ1n) is 12.1. The molecule has 1 atom stereocenters. The number of phenols is 1. The van der Waals surface area contributed by atoms with Gasteiger partial charge in [-0.25, -0.2) is 0 Å². The van der Waals surface area contributed by atoms with Gasteiger partial charge in [0, 0.05) is 23.7 Å². The smallest absolute Gasteiger partial charge is 0.258 e. The van der Waals surface area contributed by atoms with Crippen molar-refractivity contribution >= 4 is 28.3 Å². The first-order chi connectivity index (χ1) is 18.0. The van der Waals surface area contributed by atoms with E-state index in [4.69, 9.17) is 10.00 Å². The van der Waals surface area contributed by atoms with E-state index in [9.17, 15) is 14.7 Å². The van der Waals surface area contributed by atoms with Crippen molar-refractivity contribution < 1.29 is 19.4 Å². The van der Waals surface area contributed by atoms with Crippen LogP contribution >= 0.6 is 0 Å². The van der Waals surface area contributed by atoms with Crippen LogP contribution in [0.3, 0.4) is 0 Å². The molecule has 1 aliphatic heterocycles. The number of amides is 2. The van der Waals surface area contributed by atoms with Crippen molar-refractivity contribution in [3.8, 4) is 17.6 Å². The summed E-state index contributed by atoms with van der Waals surface area (Å²) in [6.45, 7) is 0.723. The van der Waals surface area contributed by atoms with Crippen molar-refractivity contribution in [1.82, 2.24) is 4.90 Å². The number of nitriles is 1. The Morgan fingerprint density at radius 2 is 1.86 bits per heavy atom. The lowest BCUT2D eigenvalue weighted by Gasteiger charge is -2.24. The van der Waals surface area contributed by atoms with Gasteiger partial charge in [-0.15, -0.1) is 0 Å². The molecule has 2 amide bonds. The molecule has 0 bridgehead atoms. The van der Waals surface area contributed by atoms with Crippen LogP contribution in [0.25, 0.3) is 10.8 Å². The Morgan fingerprint density at radius 1 is 1.03 bits per heavy atom. The van der Waals surface area contributed by atoms with Crippen molar-refractivity contribution in [2.45, 2.75) is 25.5 Å². The molecular weight excluding hydrogens is 466 g/mol. The van der Waals surface area contributed by atoms with Crippen molar-refractivity contribution in [2.75, 3.05) is 11.9 Å². The Kier molecular flexibility index (Phi) is 6.73. The minimum absolute atomic E-state index is 0.0701. The summed E-state index contributed by atoms with van der Waals surface area (Å²) in [5, 5.41) is 24.2. The van der Waals surface area contributed by atoms with Gasteiger partial charge in [-0.2, -0.15) is 5.26 Å². The highest BCUT2D eigenvalue weighted by Crippen LogP contribution is 2.31. The zero-order valence-corrected chi connectivity index (χ0v) is 20.1. The summed E-state index contributed by atoms with van der Waals surface area (Å²) in [4.78, 5) is 28.1. The summed E-state index contributed by atoms with van der Waals surface area (Å²) in [6.07, 6.45) is 1.24. The third kappa shape index (κ3) is 5.09. The number of carbonyl (C=O) groups excluding carboxylic acids is 2. The lowest BCUT2D eigenvalue weighted by Crippen LogP contribution is -2.43. The van der Waals surface area contributed by atoms with Crippen LogP contribution in [0.15, 0.2) is 84.9 Å². The molecule has 0 aliphatic carbocycles. The summed E-state index contributed by atoms with van der Waals surface area (Å²) in [6, 6.07) is 26.4. The fraction of sp³-hybridized carbons (Fsp3) is 0.167. The zero-order chi connectivity index (χ0) is 25.8. The Labute approximate surface area is 214 Å². The van der Waals surface area contributed by atoms with Crippen LogP contribution in [0.4, 0.5) is 5.69 Å². The number of hydrogen-bond donors (Lipinski definition) is 2. The van der Waals surface area contributed by atoms with E-state index in [-0.39, 0.29) is 29.7 Å². The van der Waals surface area contributed by atoms with E-state index in [2.05, 4.69) is 11.4 Å². The third-order valence-corrected chi connectivity index (χ3v) is 6.51. The Bertz CT molecular complexity index is 1530. The average Bonchev–Trinajstić information content (AvgIpc) is 3.43. The van der Waals surface area contributed by atoms with E-state index in [1.54, 1.807) is 60.7 Å². The first kappa shape index (κ1) is 23.9. The summed E-state index contributed by atoms with van der Waals surface area (Å²) < 4.78 is 5.85. The van der Waals surface area contributed by atoms with Gasteiger partial charge in [-0.3, -0.25) is 9.59 Å². The highest BCUT2D eigenvalue weighted by Gasteiger charge is 2.35. The van der Waals surface area contributed by atoms with Gasteiger partial charge in [0.15, 0.2) is 0 Å². The van der Waals surface area contributed by atoms with Gasteiger partial charge in [-0.05, 0) is 54.1 Å².